The molecule has 0 aliphatic carbocycles. The van der Waals surface area contributed by atoms with Crippen LogP contribution in [0.1, 0.15) is 15.9 Å². The molecule has 2 aromatic carbocycles. The van der Waals surface area contributed by atoms with Crippen LogP contribution in [-0.2, 0) is 10.0 Å². The molecule has 0 aliphatic rings. The first kappa shape index (κ1) is 17.5. The van der Waals surface area contributed by atoms with Crippen molar-refractivity contribution in [2.75, 3.05) is 18.8 Å². The van der Waals surface area contributed by atoms with Crippen LogP contribution in [0.5, 0.6) is 0 Å². The normalized spacial score (nSPS) is 11.1. The minimum absolute atomic E-state index is 0.157. The average molecular weight is 397 g/mol. The number of carbonyl (C=O) groups is 1. The van der Waals surface area contributed by atoms with Gasteiger partial charge in [0.1, 0.15) is 0 Å². The summed E-state index contributed by atoms with van der Waals surface area (Å²) in [6, 6.07) is 11.3. The number of halogens is 1. The molecule has 7 heteroatoms. The van der Waals surface area contributed by atoms with Gasteiger partial charge in [0.05, 0.1) is 10.6 Å². The van der Waals surface area contributed by atoms with Crippen LogP contribution in [-0.4, -0.2) is 33.3 Å². The van der Waals surface area contributed by atoms with Gasteiger partial charge < -0.3 is 4.90 Å². The Morgan fingerprint density at radius 1 is 1.09 bits per heavy atom. The highest BCUT2D eigenvalue weighted by atomic mass is 79.9. The number of nitrogens with zero attached hydrogens (tertiary/aromatic N) is 1. The van der Waals surface area contributed by atoms with Crippen molar-refractivity contribution in [2.45, 2.75) is 11.8 Å². The Hall–Kier alpha value is -1.86. The van der Waals surface area contributed by atoms with Crippen molar-refractivity contribution in [3.63, 3.8) is 0 Å². The van der Waals surface area contributed by atoms with E-state index >= 15 is 0 Å². The van der Waals surface area contributed by atoms with E-state index in [1.807, 2.05) is 0 Å². The van der Waals surface area contributed by atoms with Gasteiger partial charge in [0.2, 0.25) is 0 Å². The van der Waals surface area contributed by atoms with E-state index in [-0.39, 0.29) is 10.8 Å². The first-order valence-corrected chi connectivity index (χ1v) is 9.09. The second kappa shape index (κ2) is 6.72. The summed E-state index contributed by atoms with van der Waals surface area (Å²) in [4.78, 5) is 13.6. The second-order valence-electron chi connectivity index (χ2n) is 5.29. The Labute approximate surface area is 144 Å². The Morgan fingerprint density at radius 2 is 1.70 bits per heavy atom. The lowest BCUT2D eigenvalue weighted by atomic mass is 10.1. The van der Waals surface area contributed by atoms with Crippen LogP contribution >= 0.6 is 15.9 Å². The maximum atomic E-state index is 12.5. The number of amides is 1. The molecule has 2 rings (SSSR count). The average Bonchev–Trinajstić information content (AvgIpc) is 2.49. The molecule has 5 nitrogen and oxygen atoms in total. The highest BCUT2D eigenvalue weighted by Crippen LogP contribution is 2.22. The molecule has 0 spiro atoms. The van der Waals surface area contributed by atoms with Gasteiger partial charge in [-0.3, -0.25) is 9.52 Å². The molecule has 0 unspecified atom stereocenters. The minimum Gasteiger partial charge on any atom is -0.345 e. The molecule has 0 aromatic heterocycles. The number of anilines is 1. The Balaban J connectivity index is 2.37. The van der Waals surface area contributed by atoms with Gasteiger partial charge in [-0.25, -0.2) is 8.42 Å². The van der Waals surface area contributed by atoms with Gasteiger partial charge >= 0.3 is 0 Å². The SMILES string of the molecule is Cc1ccc(C(=O)N(C)C)cc1NS(=O)(=O)c1ccc(Br)cc1. The van der Waals surface area contributed by atoms with Crippen molar-refractivity contribution in [3.05, 3.63) is 58.1 Å². The summed E-state index contributed by atoms with van der Waals surface area (Å²) in [6.45, 7) is 1.78. The van der Waals surface area contributed by atoms with Gasteiger partial charge in [-0.1, -0.05) is 22.0 Å². The first-order chi connectivity index (χ1) is 10.7. The quantitative estimate of drug-likeness (QED) is 0.861. The number of aryl methyl sites for hydroxylation is 1. The Bertz CT molecular complexity index is 831. The zero-order chi connectivity index (χ0) is 17.2. The minimum atomic E-state index is -3.71. The molecule has 122 valence electrons. The van der Waals surface area contributed by atoms with E-state index < -0.39 is 10.0 Å². The summed E-state index contributed by atoms with van der Waals surface area (Å²) in [5, 5.41) is 0. The van der Waals surface area contributed by atoms with Crippen LogP contribution in [0.15, 0.2) is 51.8 Å². The van der Waals surface area contributed by atoms with Crippen molar-refractivity contribution in [1.82, 2.24) is 4.90 Å². The molecular formula is C16H17BrN2O3S. The number of carbonyl (C=O) groups excluding carboxylic acids is 1. The fourth-order valence-corrected chi connectivity index (χ4v) is 3.33. The summed E-state index contributed by atoms with van der Waals surface area (Å²) in [7, 11) is -0.418. The summed E-state index contributed by atoms with van der Waals surface area (Å²) >= 11 is 3.27. The number of benzene rings is 2. The summed E-state index contributed by atoms with van der Waals surface area (Å²) in [5.74, 6) is -0.186. The predicted molar refractivity (Wildman–Crippen MR) is 94.1 cm³/mol. The number of nitrogens with one attached hydrogen (secondary N) is 1. The van der Waals surface area contributed by atoms with Gasteiger partial charge in [-0.2, -0.15) is 0 Å². The van der Waals surface area contributed by atoms with E-state index in [9.17, 15) is 13.2 Å². The van der Waals surface area contributed by atoms with E-state index in [1.54, 1.807) is 51.4 Å². The van der Waals surface area contributed by atoms with Crippen molar-refractivity contribution >= 4 is 37.5 Å². The molecule has 0 saturated heterocycles. The summed E-state index contributed by atoms with van der Waals surface area (Å²) in [5.41, 5.74) is 1.55. The molecule has 0 bridgehead atoms. The Kier molecular flexibility index (Phi) is 5.11. The fraction of sp³-hybridized carbons (Fsp3) is 0.188. The van der Waals surface area contributed by atoms with Crippen LogP contribution in [0.25, 0.3) is 0 Å². The zero-order valence-corrected chi connectivity index (χ0v) is 15.4. The maximum Gasteiger partial charge on any atom is 0.261 e. The number of hydrogen-bond acceptors (Lipinski definition) is 3. The van der Waals surface area contributed by atoms with Gasteiger partial charge in [0, 0.05) is 24.1 Å². The number of rotatable bonds is 4. The fourth-order valence-electron chi connectivity index (χ4n) is 1.94. The molecule has 0 heterocycles. The van der Waals surface area contributed by atoms with E-state index in [0.717, 1.165) is 10.0 Å². The van der Waals surface area contributed by atoms with Crippen LogP contribution in [0.2, 0.25) is 0 Å². The molecule has 2 aromatic rings. The second-order valence-corrected chi connectivity index (χ2v) is 7.89. The monoisotopic (exact) mass is 396 g/mol. The Morgan fingerprint density at radius 3 is 2.26 bits per heavy atom. The topological polar surface area (TPSA) is 66.5 Å². The highest BCUT2D eigenvalue weighted by molar-refractivity contribution is 9.10. The summed E-state index contributed by atoms with van der Waals surface area (Å²) < 4.78 is 28.3. The lowest BCUT2D eigenvalue weighted by Crippen LogP contribution is -2.22. The lowest BCUT2D eigenvalue weighted by molar-refractivity contribution is 0.0827. The molecule has 0 saturated carbocycles. The molecule has 23 heavy (non-hydrogen) atoms. The number of hydrogen-bond donors (Lipinski definition) is 1. The van der Waals surface area contributed by atoms with Crippen molar-refractivity contribution < 1.29 is 13.2 Å². The lowest BCUT2D eigenvalue weighted by Gasteiger charge is -2.14. The third-order valence-corrected chi connectivity index (χ3v) is 5.17. The first-order valence-electron chi connectivity index (χ1n) is 6.81. The smallest absolute Gasteiger partial charge is 0.261 e. The van der Waals surface area contributed by atoms with E-state index in [1.165, 1.54) is 17.0 Å². The zero-order valence-electron chi connectivity index (χ0n) is 13.0. The van der Waals surface area contributed by atoms with Gasteiger partial charge in [0.25, 0.3) is 15.9 Å². The van der Waals surface area contributed by atoms with Crippen LogP contribution in [0, 0.1) is 6.92 Å². The molecule has 1 amide bonds. The van der Waals surface area contributed by atoms with E-state index in [2.05, 4.69) is 20.7 Å². The molecule has 0 aliphatic heterocycles. The predicted octanol–water partition coefficient (Wildman–Crippen LogP) is 3.26. The van der Waals surface area contributed by atoms with Crippen LogP contribution in [0.4, 0.5) is 5.69 Å². The van der Waals surface area contributed by atoms with Crippen LogP contribution in [0.3, 0.4) is 0 Å². The molecular weight excluding hydrogens is 380 g/mol. The van der Waals surface area contributed by atoms with Gasteiger partial charge in [-0.15, -0.1) is 0 Å². The molecule has 0 atom stereocenters. The molecule has 0 fully saturated rings. The standard InChI is InChI=1S/C16H17BrN2O3S/c1-11-4-5-12(16(20)19(2)3)10-15(11)18-23(21,22)14-8-6-13(17)7-9-14/h4-10,18H,1-3H3. The van der Waals surface area contributed by atoms with Crippen molar-refractivity contribution in [1.29, 1.82) is 0 Å². The van der Waals surface area contributed by atoms with Gasteiger partial charge in [-0.05, 0) is 48.9 Å². The largest absolute Gasteiger partial charge is 0.345 e. The number of sulfonamides is 1. The third kappa shape index (κ3) is 4.11. The summed E-state index contributed by atoms with van der Waals surface area (Å²) in [6.07, 6.45) is 0. The van der Waals surface area contributed by atoms with Crippen LogP contribution < -0.4 is 4.72 Å². The van der Waals surface area contributed by atoms with Crippen molar-refractivity contribution in [3.8, 4) is 0 Å². The maximum absolute atomic E-state index is 12.5. The third-order valence-electron chi connectivity index (χ3n) is 3.26. The van der Waals surface area contributed by atoms with Crippen molar-refractivity contribution in [2.24, 2.45) is 0 Å². The van der Waals surface area contributed by atoms with E-state index in [0.29, 0.717) is 11.3 Å². The van der Waals surface area contributed by atoms with E-state index in [4.69, 9.17) is 0 Å². The van der Waals surface area contributed by atoms with Gasteiger partial charge in [0.15, 0.2) is 0 Å². The molecule has 1 N–H and O–H groups in total. The molecule has 0 radical (unpaired) electrons. The highest BCUT2D eigenvalue weighted by Gasteiger charge is 2.17.